The van der Waals surface area contributed by atoms with Gasteiger partial charge in [0.2, 0.25) is 10.0 Å². The topological polar surface area (TPSA) is 142 Å². The van der Waals surface area contributed by atoms with Gasteiger partial charge in [0, 0.05) is 18.9 Å². The Morgan fingerprint density at radius 3 is 2.06 bits per heavy atom. The molecule has 1 aliphatic carbocycles. The molecule has 180 valence electrons. The first kappa shape index (κ1) is 25.0. The molecule has 9 heteroatoms. The number of nitriles is 4. The van der Waals surface area contributed by atoms with Gasteiger partial charge in [0.15, 0.2) is 10.8 Å². The minimum absolute atomic E-state index is 0.0359. The summed E-state index contributed by atoms with van der Waals surface area (Å²) in [7, 11) is -3.99. The largest absolute Gasteiger partial charge is 0.498 e. The fourth-order valence-corrected chi connectivity index (χ4v) is 6.93. The lowest BCUT2D eigenvalue weighted by molar-refractivity contribution is 0.0819. The average Bonchev–Trinajstić information content (AvgIpc) is 2.93. The quantitative estimate of drug-likeness (QED) is 0.602. The molecule has 0 spiro atoms. The predicted molar refractivity (Wildman–Crippen MR) is 128 cm³/mol. The van der Waals surface area contributed by atoms with Crippen molar-refractivity contribution in [1.82, 2.24) is 4.31 Å². The number of sulfonamides is 1. The number of hydrogen-bond acceptors (Lipinski definition) is 7. The summed E-state index contributed by atoms with van der Waals surface area (Å²) in [6, 6.07) is 24.2. The molecule has 0 aromatic heterocycles. The predicted octanol–water partition coefficient (Wildman–Crippen LogP) is 4.20. The molecule has 0 bridgehead atoms. The molecule has 0 amide bonds. The summed E-state index contributed by atoms with van der Waals surface area (Å²) in [5.74, 6) is -0.582. The number of rotatable bonds is 5. The van der Waals surface area contributed by atoms with Crippen molar-refractivity contribution in [3.05, 3.63) is 77.6 Å². The smallest absolute Gasteiger partial charge is 0.243 e. The zero-order valence-corrected chi connectivity index (χ0v) is 20.4. The normalized spacial score (nSPS) is 22.7. The number of ether oxygens (including phenoxy) is 1. The molecule has 2 aromatic carbocycles. The lowest BCUT2D eigenvalue weighted by Crippen LogP contribution is -2.54. The first-order valence-corrected chi connectivity index (χ1v) is 12.9. The first-order valence-electron chi connectivity index (χ1n) is 11.5. The number of fused-ring (bicyclic) bond motifs is 1. The molecule has 0 N–H and O–H groups in total. The van der Waals surface area contributed by atoms with E-state index in [-0.39, 0.29) is 30.9 Å². The van der Waals surface area contributed by atoms with Crippen LogP contribution >= 0.6 is 0 Å². The highest BCUT2D eigenvalue weighted by atomic mass is 32.2. The lowest BCUT2D eigenvalue weighted by Gasteiger charge is -2.50. The molecule has 2 aliphatic rings. The summed E-state index contributed by atoms with van der Waals surface area (Å²) in [6.45, 7) is 1.83. The highest BCUT2D eigenvalue weighted by Gasteiger charge is 2.65. The van der Waals surface area contributed by atoms with E-state index in [1.165, 1.54) is 16.4 Å². The van der Waals surface area contributed by atoms with Gasteiger partial charge in [-0.25, -0.2) is 8.42 Å². The summed E-state index contributed by atoms with van der Waals surface area (Å²) in [5, 5.41) is 40.7. The van der Waals surface area contributed by atoms with Crippen molar-refractivity contribution in [3.8, 4) is 24.3 Å². The van der Waals surface area contributed by atoms with Crippen LogP contribution < -0.4 is 0 Å². The standard InChI is InChI=1S/C27H23N5O3S/c1-2-35-25-14-26(16-28,17-29)27(18-30,19-31)23-13-24(20-9-5-3-6-10-20)32(15-22(23)25)36(33,34)21-11-7-4-8-12-21/h3-12,23-24H,2,13-15H2,1H3/t23-,24+/m1/s1. The van der Waals surface area contributed by atoms with E-state index < -0.39 is 32.8 Å². The molecule has 4 rings (SSSR count). The molecular weight excluding hydrogens is 474 g/mol. The van der Waals surface area contributed by atoms with Crippen LogP contribution in [-0.2, 0) is 14.8 Å². The zero-order chi connectivity index (χ0) is 26.0. The van der Waals surface area contributed by atoms with Gasteiger partial charge >= 0.3 is 0 Å². The Kier molecular flexibility index (Phi) is 6.57. The summed E-state index contributed by atoms with van der Waals surface area (Å²) < 4.78 is 35.0. The monoisotopic (exact) mass is 497 g/mol. The molecule has 0 radical (unpaired) electrons. The minimum atomic E-state index is -3.99. The van der Waals surface area contributed by atoms with E-state index in [0.717, 1.165) is 0 Å². The highest BCUT2D eigenvalue weighted by molar-refractivity contribution is 7.89. The second kappa shape index (κ2) is 9.48. The molecule has 36 heavy (non-hydrogen) atoms. The van der Waals surface area contributed by atoms with E-state index >= 15 is 0 Å². The van der Waals surface area contributed by atoms with Crippen LogP contribution in [0.5, 0.6) is 0 Å². The molecule has 1 fully saturated rings. The van der Waals surface area contributed by atoms with Gasteiger partial charge in [-0.1, -0.05) is 48.5 Å². The van der Waals surface area contributed by atoms with Crippen molar-refractivity contribution in [2.45, 2.75) is 30.7 Å². The van der Waals surface area contributed by atoms with Gasteiger partial charge in [-0.05, 0) is 36.6 Å². The van der Waals surface area contributed by atoms with Gasteiger partial charge in [-0.3, -0.25) is 0 Å². The molecule has 2 atom stereocenters. The van der Waals surface area contributed by atoms with E-state index in [2.05, 4.69) is 0 Å². The summed E-state index contributed by atoms with van der Waals surface area (Å²) in [6.07, 6.45) is -0.232. The Labute approximate surface area is 210 Å². The SMILES string of the molecule is CCOC1=C2CN(S(=O)(=O)c3ccccc3)[C@H](c3ccccc3)C[C@H]2C(C#N)(C#N)C(C#N)(C#N)C1. The maximum atomic E-state index is 13.9. The summed E-state index contributed by atoms with van der Waals surface area (Å²) in [5.41, 5.74) is -2.81. The van der Waals surface area contributed by atoms with Crippen LogP contribution in [0.1, 0.15) is 31.4 Å². The minimum Gasteiger partial charge on any atom is -0.498 e. The van der Waals surface area contributed by atoms with Crippen LogP contribution in [0.15, 0.2) is 76.9 Å². The van der Waals surface area contributed by atoms with Crippen molar-refractivity contribution in [2.24, 2.45) is 16.7 Å². The van der Waals surface area contributed by atoms with Crippen LogP contribution in [-0.4, -0.2) is 25.9 Å². The van der Waals surface area contributed by atoms with Gasteiger partial charge < -0.3 is 4.74 Å². The van der Waals surface area contributed by atoms with Crippen LogP contribution in [0.3, 0.4) is 0 Å². The molecule has 1 saturated heterocycles. The number of benzene rings is 2. The van der Waals surface area contributed by atoms with Crippen molar-refractivity contribution in [1.29, 1.82) is 21.0 Å². The van der Waals surface area contributed by atoms with Gasteiger partial charge in [-0.2, -0.15) is 25.4 Å². The third kappa shape index (κ3) is 3.62. The fourth-order valence-electron chi connectivity index (χ4n) is 5.31. The Morgan fingerprint density at radius 2 is 1.53 bits per heavy atom. The van der Waals surface area contributed by atoms with E-state index in [4.69, 9.17) is 4.74 Å². The number of hydrogen-bond donors (Lipinski definition) is 0. The lowest BCUT2D eigenvalue weighted by atomic mass is 9.51. The van der Waals surface area contributed by atoms with Gasteiger partial charge in [0.1, 0.15) is 0 Å². The van der Waals surface area contributed by atoms with Crippen molar-refractivity contribution in [2.75, 3.05) is 13.2 Å². The molecule has 1 aliphatic heterocycles. The van der Waals surface area contributed by atoms with Crippen LogP contribution in [0, 0.1) is 62.1 Å². The third-order valence-electron chi connectivity index (χ3n) is 7.12. The van der Waals surface area contributed by atoms with Crippen molar-refractivity contribution >= 4 is 10.0 Å². The third-order valence-corrected chi connectivity index (χ3v) is 8.99. The van der Waals surface area contributed by atoms with Crippen LogP contribution in [0.2, 0.25) is 0 Å². The van der Waals surface area contributed by atoms with Gasteiger partial charge in [0.25, 0.3) is 0 Å². The van der Waals surface area contributed by atoms with Crippen molar-refractivity contribution < 1.29 is 13.2 Å². The van der Waals surface area contributed by atoms with Crippen LogP contribution in [0.4, 0.5) is 0 Å². The first-order chi connectivity index (χ1) is 17.3. The molecule has 1 heterocycles. The van der Waals surface area contributed by atoms with E-state index in [9.17, 15) is 29.5 Å². The maximum Gasteiger partial charge on any atom is 0.243 e. The van der Waals surface area contributed by atoms with E-state index in [0.29, 0.717) is 16.9 Å². The Bertz CT molecular complexity index is 1430. The summed E-state index contributed by atoms with van der Waals surface area (Å²) in [4.78, 5) is 0.119. The molecule has 8 nitrogen and oxygen atoms in total. The fraction of sp³-hybridized carbons (Fsp3) is 0.333. The molecule has 0 saturated carbocycles. The Balaban J connectivity index is 1.98. The van der Waals surface area contributed by atoms with Crippen LogP contribution in [0.25, 0.3) is 0 Å². The zero-order valence-electron chi connectivity index (χ0n) is 19.6. The summed E-state index contributed by atoms with van der Waals surface area (Å²) >= 11 is 0. The van der Waals surface area contributed by atoms with Crippen molar-refractivity contribution in [3.63, 3.8) is 0 Å². The van der Waals surface area contributed by atoms with Gasteiger partial charge in [-0.15, -0.1) is 0 Å². The maximum absolute atomic E-state index is 13.9. The molecular formula is C27H23N5O3S. The number of nitrogens with zero attached hydrogens (tertiary/aromatic N) is 5. The second-order valence-electron chi connectivity index (χ2n) is 8.80. The van der Waals surface area contributed by atoms with E-state index in [1.807, 2.05) is 30.3 Å². The average molecular weight is 498 g/mol. The molecule has 2 aromatic rings. The number of allylic oxidation sites excluding steroid dienone is 1. The highest BCUT2D eigenvalue weighted by Crippen LogP contribution is 2.59. The molecule has 0 unspecified atom stereocenters. The van der Waals surface area contributed by atoms with Gasteiger partial charge in [0.05, 0.1) is 47.6 Å². The second-order valence-corrected chi connectivity index (χ2v) is 10.7. The number of piperidine rings is 1. The Hall–Kier alpha value is -4.15. The van der Waals surface area contributed by atoms with E-state index in [1.54, 1.807) is 49.4 Å². The Morgan fingerprint density at radius 1 is 0.944 bits per heavy atom.